The van der Waals surface area contributed by atoms with Crippen LogP contribution in [0.2, 0.25) is 0 Å². The molecule has 3 nitrogen and oxygen atoms in total. The molecular formula is C35H46O3. The Morgan fingerprint density at radius 1 is 0.605 bits per heavy atom. The Morgan fingerprint density at radius 2 is 1.11 bits per heavy atom. The Kier molecular flexibility index (Phi) is 7.69. The highest BCUT2D eigenvalue weighted by Gasteiger charge is 2.31. The smallest absolute Gasteiger partial charge is 0.343 e. The second-order valence-electron chi connectivity index (χ2n) is 14.6. The Bertz CT molecular complexity index is 1320. The first kappa shape index (κ1) is 29.5. The molecule has 0 spiro atoms. The fraction of sp³-hybridized carbons (Fsp3) is 0.457. The van der Waals surface area contributed by atoms with E-state index in [0.29, 0.717) is 11.3 Å². The van der Waals surface area contributed by atoms with Crippen LogP contribution in [0.5, 0.6) is 11.5 Å². The largest absolute Gasteiger partial charge is 0.508 e. The minimum absolute atomic E-state index is 0.00957. The Balaban J connectivity index is 2.41. The molecule has 0 bridgehead atoms. The third-order valence-electron chi connectivity index (χ3n) is 7.04. The summed E-state index contributed by atoms with van der Waals surface area (Å²) in [6.07, 6.45) is 0. The summed E-state index contributed by atoms with van der Waals surface area (Å²) in [6, 6.07) is 17.3. The molecule has 3 rings (SSSR count). The van der Waals surface area contributed by atoms with Crippen molar-refractivity contribution in [2.75, 3.05) is 0 Å². The maximum absolute atomic E-state index is 13.4. The highest BCUT2D eigenvalue weighted by Crippen LogP contribution is 2.47. The van der Waals surface area contributed by atoms with Crippen LogP contribution in [-0.2, 0) is 21.7 Å². The van der Waals surface area contributed by atoms with Crippen molar-refractivity contribution in [3.8, 4) is 22.6 Å². The van der Waals surface area contributed by atoms with Gasteiger partial charge in [-0.3, -0.25) is 0 Å². The monoisotopic (exact) mass is 514 g/mol. The number of aromatic hydroxyl groups is 1. The minimum Gasteiger partial charge on any atom is -0.508 e. The van der Waals surface area contributed by atoms with E-state index in [4.69, 9.17) is 4.74 Å². The Hall–Kier alpha value is -3.07. The summed E-state index contributed by atoms with van der Waals surface area (Å²) in [5.74, 6) is 0.232. The summed E-state index contributed by atoms with van der Waals surface area (Å²) in [6.45, 7) is 26.6. The topological polar surface area (TPSA) is 46.5 Å². The molecule has 3 aromatic rings. The Morgan fingerprint density at radius 3 is 1.58 bits per heavy atom. The summed E-state index contributed by atoms with van der Waals surface area (Å²) >= 11 is 0. The molecule has 38 heavy (non-hydrogen) atoms. The van der Waals surface area contributed by atoms with Crippen molar-refractivity contribution in [3.05, 3.63) is 82.4 Å². The number of phenols is 1. The summed E-state index contributed by atoms with van der Waals surface area (Å²) in [4.78, 5) is 13.4. The molecule has 1 N–H and O–H groups in total. The first-order valence-corrected chi connectivity index (χ1v) is 13.6. The number of ether oxygens (including phenoxy) is 1. The van der Waals surface area contributed by atoms with Crippen LogP contribution < -0.4 is 4.74 Å². The fourth-order valence-electron chi connectivity index (χ4n) is 4.60. The number of carbonyl (C=O) groups is 1. The van der Waals surface area contributed by atoms with Gasteiger partial charge in [0.1, 0.15) is 11.5 Å². The molecule has 0 aliphatic carbocycles. The molecule has 0 fully saturated rings. The van der Waals surface area contributed by atoms with Crippen LogP contribution in [0.1, 0.15) is 116 Å². The molecule has 204 valence electrons. The number of hydrogen-bond donors (Lipinski definition) is 1. The van der Waals surface area contributed by atoms with Gasteiger partial charge in [0.05, 0.1) is 5.56 Å². The predicted octanol–water partition coefficient (Wildman–Crippen LogP) is 9.47. The predicted molar refractivity (Wildman–Crippen MR) is 160 cm³/mol. The molecule has 0 radical (unpaired) electrons. The summed E-state index contributed by atoms with van der Waals surface area (Å²) in [7, 11) is 0. The van der Waals surface area contributed by atoms with E-state index < -0.39 is 5.97 Å². The van der Waals surface area contributed by atoms with Crippen LogP contribution in [0.15, 0.2) is 54.6 Å². The van der Waals surface area contributed by atoms with Gasteiger partial charge in [0.25, 0.3) is 0 Å². The summed E-state index contributed by atoms with van der Waals surface area (Å²) in [5.41, 5.74) is 6.74. The van der Waals surface area contributed by atoms with E-state index in [-0.39, 0.29) is 27.4 Å². The maximum Gasteiger partial charge on any atom is 0.343 e. The van der Waals surface area contributed by atoms with E-state index >= 15 is 0 Å². The molecule has 0 aliphatic rings. The standard InChI is InChI=1S/C35H46O3/c1-32(2,3)23-15-18-26(27(19-23)34(7,8)9)30-28(35(10,11)12)20-24(33(4,5)6)21-29(30)38-31(37)22-13-16-25(36)17-14-22/h13-21,36H,1-12H3. The SMILES string of the molecule is CC(C)(C)c1ccc(-c2c(OC(=O)c3ccc(O)cc3)cc(C(C)(C)C)cc2C(C)(C)C)c(C(C)(C)C)c1. The molecule has 0 aromatic heterocycles. The van der Waals surface area contributed by atoms with E-state index in [2.05, 4.69) is 107 Å². The average Bonchev–Trinajstić information content (AvgIpc) is 2.76. The third kappa shape index (κ3) is 6.49. The molecule has 0 unspecified atom stereocenters. The van der Waals surface area contributed by atoms with Gasteiger partial charge in [0, 0.05) is 5.56 Å². The maximum atomic E-state index is 13.4. The van der Waals surface area contributed by atoms with E-state index in [9.17, 15) is 9.90 Å². The van der Waals surface area contributed by atoms with Gasteiger partial charge in [-0.1, -0.05) is 107 Å². The number of hydrogen-bond acceptors (Lipinski definition) is 3. The molecule has 3 aromatic carbocycles. The van der Waals surface area contributed by atoms with Crippen LogP contribution >= 0.6 is 0 Å². The zero-order valence-corrected chi connectivity index (χ0v) is 25.5. The third-order valence-corrected chi connectivity index (χ3v) is 7.04. The van der Waals surface area contributed by atoms with Crippen LogP contribution in [0.25, 0.3) is 11.1 Å². The minimum atomic E-state index is -0.444. The molecule has 0 saturated carbocycles. The van der Waals surface area contributed by atoms with Gasteiger partial charge in [-0.05, 0) is 79.8 Å². The van der Waals surface area contributed by atoms with Gasteiger partial charge in [0.2, 0.25) is 0 Å². The van der Waals surface area contributed by atoms with Gasteiger partial charge < -0.3 is 9.84 Å². The highest BCUT2D eigenvalue weighted by atomic mass is 16.5. The lowest BCUT2D eigenvalue weighted by Gasteiger charge is -2.33. The molecule has 0 aliphatic heterocycles. The second kappa shape index (κ2) is 9.91. The summed E-state index contributed by atoms with van der Waals surface area (Å²) < 4.78 is 6.24. The molecule has 0 heterocycles. The molecular weight excluding hydrogens is 468 g/mol. The highest BCUT2D eigenvalue weighted by molar-refractivity contribution is 5.93. The number of rotatable bonds is 3. The number of phenolic OH excluding ortho intramolecular Hbond substituents is 1. The lowest BCUT2D eigenvalue weighted by atomic mass is 9.73. The zero-order chi connectivity index (χ0) is 28.8. The lowest BCUT2D eigenvalue weighted by molar-refractivity contribution is 0.0735. The Labute approximate surface area is 230 Å². The van der Waals surface area contributed by atoms with E-state index in [1.807, 2.05) is 6.07 Å². The van der Waals surface area contributed by atoms with Gasteiger partial charge in [0.15, 0.2) is 0 Å². The van der Waals surface area contributed by atoms with Crippen molar-refractivity contribution >= 4 is 5.97 Å². The van der Waals surface area contributed by atoms with E-state index in [1.165, 1.54) is 23.3 Å². The van der Waals surface area contributed by atoms with Gasteiger partial charge >= 0.3 is 5.97 Å². The van der Waals surface area contributed by atoms with Crippen molar-refractivity contribution in [2.24, 2.45) is 0 Å². The van der Waals surface area contributed by atoms with Gasteiger partial charge in [-0.25, -0.2) is 4.79 Å². The van der Waals surface area contributed by atoms with Crippen LogP contribution in [0, 0.1) is 0 Å². The van der Waals surface area contributed by atoms with Crippen LogP contribution in [-0.4, -0.2) is 11.1 Å². The van der Waals surface area contributed by atoms with Crippen molar-refractivity contribution in [1.82, 2.24) is 0 Å². The normalized spacial score (nSPS) is 12.9. The van der Waals surface area contributed by atoms with Crippen LogP contribution in [0.3, 0.4) is 0 Å². The molecule has 0 saturated heterocycles. The number of esters is 1. The molecule has 3 heteroatoms. The van der Waals surface area contributed by atoms with Crippen LogP contribution in [0.4, 0.5) is 0 Å². The fourth-order valence-corrected chi connectivity index (χ4v) is 4.60. The van der Waals surface area contributed by atoms with Crippen molar-refractivity contribution in [3.63, 3.8) is 0 Å². The number of carbonyl (C=O) groups excluding carboxylic acids is 1. The quantitative estimate of drug-likeness (QED) is 0.280. The lowest BCUT2D eigenvalue weighted by Crippen LogP contribution is -2.21. The van der Waals surface area contributed by atoms with E-state index in [0.717, 1.165) is 22.3 Å². The number of benzene rings is 3. The summed E-state index contributed by atoms with van der Waals surface area (Å²) in [5, 5.41) is 9.71. The first-order chi connectivity index (χ1) is 17.2. The van der Waals surface area contributed by atoms with Gasteiger partial charge in [-0.15, -0.1) is 0 Å². The van der Waals surface area contributed by atoms with Gasteiger partial charge in [-0.2, -0.15) is 0 Å². The molecule has 0 amide bonds. The molecule has 0 atom stereocenters. The van der Waals surface area contributed by atoms with Crippen molar-refractivity contribution in [2.45, 2.75) is 105 Å². The van der Waals surface area contributed by atoms with E-state index in [1.54, 1.807) is 12.1 Å². The zero-order valence-electron chi connectivity index (χ0n) is 25.5. The van der Waals surface area contributed by atoms with Crippen molar-refractivity contribution < 1.29 is 14.6 Å². The second-order valence-corrected chi connectivity index (χ2v) is 14.6. The average molecular weight is 515 g/mol. The first-order valence-electron chi connectivity index (χ1n) is 13.6. The van der Waals surface area contributed by atoms with Crippen molar-refractivity contribution in [1.29, 1.82) is 0 Å².